The van der Waals surface area contributed by atoms with Crippen molar-refractivity contribution in [2.45, 2.75) is 19.3 Å². The van der Waals surface area contributed by atoms with E-state index in [1.807, 2.05) is 24.3 Å². The van der Waals surface area contributed by atoms with Crippen LogP contribution in [0.2, 0.25) is 0 Å². The average molecular weight is 231 g/mol. The molecule has 0 bridgehead atoms. The quantitative estimate of drug-likeness (QED) is 0.748. The molecule has 1 aliphatic heterocycles. The summed E-state index contributed by atoms with van der Waals surface area (Å²) in [5.74, 6) is -0.949. The van der Waals surface area contributed by atoms with Crippen LogP contribution in [0.25, 0.3) is 0 Å². The topological polar surface area (TPSA) is 55.7 Å². The van der Waals surface area contributed by atoms with Gasteiger partial charge in [-0.15, -0.1) is 0 Å². The Morgan fingerprint density at radius 3 is 2.94 bits per heavy atom. The van der Waals surface area contributed by atoms with Crippen molar-refractivity contribution in [1.82, 2.24) is 0 Å². The van der Waals surface area contributed by atoms with Crippen molar-refractivity contribution >= 4 is 23.7 Å². The second-order valence-corrected chi connectivity index (χ2v) is 3.78. The molecule has 0 amide bonds. The lowest BCUT2D eigenvalue weighted by molar-refractivity contribution is -0.144. The van der Waals surface area contributed by atoms with Crippen molar-refractivity contribution in [1.29, 1.82) is 0 Å². The van der Waals surface area contributed by atoms with Gasteiger partial charge in [0.15, 0.2) is 5.78 Å². The minimum absolute atomic E-state index is 0.0791. The molecule has 88 valence electrons. The zero-order chi connectivity index (χ0) is 12.3. The van der Waals surface area contributed by atoms with Gasteiger partial charge in [-0.1, -0.05) is 18.2 Å². The van der Waals surface area contributed by atoms with Gasteiger partial charge in [0.2, 0.25) is 0 Å². The van der Waals surface area contributed by atoms with Crippen molar-refractivity contribution in [3.63, 3.8) is 0 Å². The molecule has 1 atom stereocenters. The molecule has 0 aromatic heterocycles. The number of carbonyl (C=O) groups excluding carboxylic acids is 2. The van der Waals surface area contributed by atoms with Crippen LogP contribution < -0.4 is 0 Å². The summed E-state index contributed by atoms with van der Waals surface area (Å²) in [6, 6.07) is 7.35. The molecule has 0 saturated heterocycles. The van der Waals surface area contributed by atoms with Gasteiger partial charge in [-0.2, -0.15) is 0 Å². The predicted molar refractivity (Wildman–Crippen MR) is 63.6 cm³/mol. The summed E-state index contributed by atoms with van der Waals surface area (Å²) < 4.78 is 4.87. The van der Waals surface area contributed by atoms with E-state index in [9.17, 15) is 9.59 Å². The van der Waals surface area contributed by atoms with Crippen molar-refractivity contribution in [3.8, 4) is 0 Å². The van der Waals surface area contributed by atoms with Crippen LogP contribution in [0.4, 0.5) is 5.69 Å². The Morgan fingerprint density at radius 2 is 2.18 bits per heavy atom. The number of esters is 1. The van der Waals surface area contributed by atoms with Gasteiger partial charge < -0.3 is 4.74 Å². The highest BCUT2D eigenvalue weighted by atomic mass is 16.5. The molecular weight excluding hydrogens is 218 g/mol. The highest BCUT2D eigenvalue weighted by Crippen LogP contribution is 2.32. The number of fused-ring (bicyclic) bond motifs is 1. The van der Waals surface area contributed by atoms with E-state index in [0.29, 0.717) is 6.61 Å². The molecule has 0 unspecified atom stereocenters. The number of rotatable bonds is 3. The standard InChI is InChI=1S/C13H13NO3/c1-2-17-13(16)7-10-9-5-3-4-6-11(9)14-8-12(10)15/h3-6,8,10H,2,7H2,1H3/t10-/m1/s1. The maximum absolute atomic E-state index is 11.7. The van der Waals surface area contributed by atoms with E-state index in [1.54, 1.807) is 6.92 Å². The van der Waals surface area contributed by atoms with Gasteiger partial charge in [-0.05, 0) is 18.6 Å². The Balaban J connectivity index is 2.24. The Hall–Kier alpha value is -1.97. The normalized spacial score (nSPS) is 17.7. The maximum atomic E-state index is 11.7. The highest BCUT2D eigenvalue weighted by molar-refractivity contribution is 6.32. The van der Waals surface area contributed by atoms with Gasteiger partial charge in [0.05, 0.1) is 30.8 Å². The summed E-state index contributed by atoms with van der Waals surface area (Å²) >= 11 is 0. The van der Waals surface area contributed by atoms with E-state index in [4.69, 9.17) is 4.74 Å². The van der Waals surface area contributed by atoms with Gasteiger partial charge in [-0.25, -0.2) is 0 Å². The van der Waals surface area contributed by atoms with E-state index in [-0.39, 0.29) is 18.2 Å². The molecule has 0 radical (unpaired) electrons. The van der Waals surface area contributed by atoms with Crippen molar-refractivity contribution < 1.29 is 14.3 Å². The molecule has 0 saturated carbocycles. The van der Waals surface area contributed by atoms with E-state index in [1.165, 1.54) is 6.21 Å². The highest BCUT2D eigenvalue weighted by Gasteiger charge is 2.27. The summed E-state index contributed by atoms with van der Waals surface area (Å²) in [6.45, 7) is 2.07. The average Bonchev–Trinajstić information content (AvgIpc) is 2.33. The SMILES string of the molecule is CCOC(=O)C[C@H]1C(=O)C=Nc2ccccc21. The zero-order valence-corrected chi connectivity index (χ0v) is 9.55. The third-order valence-corrected chi connectivity index (χ3v) is 2.66. The van der Waals surface area contributed by atoms with Gasteiger partial charge >= 0.3 is 5.97 Å². The van der Waals surface area contributed by atoms with Gasteiger partial charge in [0.1, 0.15) is 0 Å². The number of hydrogen-bond donors (Lipinski definition) is 0. The third kappa shape index (κ3) is 2.41. The lowest BCUT2D eigenvalue weighted by Crippen LogP contribution is -2.21. The Bertz CT molecular complexity index is 479. The number of hydrogen-bond acceptors (Lipinski definition) is 4. The fourth-order valence-electron chi connectivity index (χ4n) is 1.87. The molecule has 2 rings (SSSR count). The lowest BCUT2D eigenvalue weighted by Gasteiger charge is -2.18. The smallest absolute Gasteiger partial charge is 0.306 e. The number of ketones is 1. The predicted octanol–water partition coefficient (Wildman–Crippen LogP) is 2.01. The number of aliphatic imine (C=N–C) groups is 1. The fourth-order valence-corrected chi connectivity index (χ4v) is 1.87. The largest absolute Gasteiger partial charge is 0.466 e. The molecule has 1 aromatic rings. The number of para-hydroxylation sites is 1. The maximum Gasteiger partial charge on any atom is 0.306 e. The molecule has 1 aromatic carbocycles. The minimum atomic E-state index is -0.456. The second-order valence-electron chi connectivity index (χ2n) is 3.78. The second kappa shape index (κ2) is 4.91. The number of carbonyl (C=O) groups is 2. The van der Waals surface area contributed by atoms with Gasteiger partial charge in [0.25, 0.3) is 0 Å². The van der Waals surface area contributed by atoms with Gasteiger partial charge in [0, 0.05) is 0 Å². The lowest BCUT2D eigenvalue weighted by atomic mass is 9.89. The van der Waals surface area contributed by atoms with Crippen LogP contribution in [0.3, 0.4) is 0 Å². The summed E-state index contributed by atoms with van der Waals surface area (Å²) in [7, 11) is 0. The molecule has 1 aliphatic rings. The first-order valence-corrected chi connectivity index (χ1v) is 5.55. The summed E-state index contributed by atoms with van der Waals surface area (Å²) in [6.07, 6.45) is 1.36. The molecule has 0 spiro atoms. The first kappa shape index (κ1) is 11.5. The van der Waals surface area contributed by atoms with Crippen molar-refractivity contribution in [3.05, 3.63) is 29.8 Å². The first-order chi connectivity index (χ1) is 8.22. The van der Waals surface area contributed by atoms with Crippen LogP contribution in [0.5, 0.6) is 0 Å². The Morgan fingerprint density at radius 1 is 1.41 bits per heavy atom. The Kier molecular flexibility index (Phi) is 3.32. The molecule has 4 heteroatoms. The van der Waals surface area contributed by atoms with E-state index >= 15 is 0 Å². The number of ether oxygens (including phenoxy) is 1. The van der Waals surface area contributed by atoms with E-state index in [2.05, 4.69) is 4.99 Å². The van der Waals surface area contributed by atoms with Crippen LogP contribution in [0.1, 0.15) is 24.8 Å². The summed E-state index contributed by atoms with van der Waals surface area (Å²) in [5, 5.41) is 0. The van der Waals surface area contributed by atoms with Crippen LogP contribution in [0.15, 0.2) is 29.3 Å². The van der Waals surface area contributed by atoms with Crippen LogP contribution >= 0.6 is 0 Å². The molecule has 1 heterocycles. The molecule has 0 N–H and O–H groups in total. The number of benzene rings is 1. The molecule has 17 heavy (non-hydrogen) atoms. The molecular formula is C13H13NO3. The van der Waals surface area contributed by atoms with Crippen molar-refractivity contribution in [2.24, 2.45) is 4.99 Å². The van der Waals surface area contributed by atoms with Crippen molar-refractivity contribution in [2.75, 3.05) is 6.61 Å². The molecule has 0 aliphatic carbocycles. The first-order valence-electron chi connectivity index (χ1n) is 5.55. The molecule has 0 fully saturated rings. The van der Waals surface area contributed by atoms with E-state index < -0.39 is 5.92 Å². The van der Waals surface area contributed by atoms with Crippen LogP contribution in [-0.2, 0) is 14.3 Å². The van der Waals surface area contributed by atoms with Crippen LogP contribution in [0, 0.1) is 0 Å². The monoisotopic (exact) mass is 231 g/mol. The summed E-state index contributed by atoms with van der Waals surface area (Å²) in [4.78, 5) is 27.2. The van der Waals surface area contributed by atoms with E-state index in [0.717, 1.165) is 11.3 Å². The molecule has 4 nitrogen and oxygen atoms in total. The zero-order valence-electron chi connectivity index (χ0n) is 9.55. The fraction of sp³-hybridized carbons (Fsp3) is 0.308. The van der Waals surface area contributed by atoms with Crippen LogP contribution in [-0.4, -0.2) is 24.6 Å². The number of Topliss-reactive ketones (excluding diaryl/α,β-unsaturated/α-hetero) is 1. The Labute approximate surface area is 99.3 Å². The number of nitrogens with zero attached hydrogens (tertiary/aromatic N) is 1. The summed E-state index contributed by atoms with van der Waals surface area (Å²) in [5.41, 5.74) is 1.55. The minimum Gasteiger partial charge on any atom is -0.466 e. The van der Waals surface area contributed by atoms with Gasteiger partial charge in [-0.3, -0.25) is 14.6 Å². The third-order valence-electron chi connectivity index (χ3n) is 2.66.